The summed E-state index contributed by atoms with van der Waals surface area (Å²) in [7, 11) is -3.72. The molecule has 6 heteroatoms. The molecule has 1 N–H and O–H groups in total. The zero-order chi connectivity index (χ0) is 20.5. The Labute approximate surface area is 165 Å². The van der Waals surface area contributed by atoms with Gasteiger partial charge in [-0.05, 0) is 68.1 Å². The molecule has 0 fully saturated rings. The van der Waals surface area contributed by atoms with Crippen LogP contribution >= 0.6 is 0 Å². The predicted molar refractivity (Wildman–Crippen MR) is 109 cm³/mol. The first-order valence-corrected chi connectivity index (χ1v) is 10.4. The standard InChI is InChI=1S/C22H23FN2O2S/c1-15-7-5-10-19(11-15)28(26,27)25-22(3,4)18-9-6-8-17(12-18)21-16(2)13-24-14-20(21)23/h5-14,25H,1-4H3. The molecular weight excluding hydrogens is 375 g/mol. The van der Waals surface area contributed by atoms with Crippen LogP contribution in [0.25, 0.3) is 11.1 Å². The molecule has 0 bridgehead atoms. The van der Waals surface area contributed by atoms with Gasteiger partial charge >= 0.3 is 0 Å². The molecule has 0 amide bonds. The molecule has 0 radical (unpaired) electrons. The second-order valence-corrected chi connectivity index (χ2v) is 9.12. The monoisotopic (exact) mass is 398 g/mol. The van der Waals surface area contributed by atoms with E-state index in [1.165, 1.54) is 6.20 Å². The maximum absolute atomic E-state index is 14.3. The number of sulfonamides is 1. The van der Waals surface area contributed by atoms with Crippen molar-refractivity contribution >= 4 is 10.0 Å². The number of aryl methyl sites for hydroxylation is 2. The van der Waals surface area contributed by atoms with Gasteiger partial charge in [0.05, 0.1) is 16.6 Å². The first-order valence-electron chi connectivity index (χ1n) is 8.92. The van der Waals surface area contributed by atoms with Crippen molar-refractivity contribution in [3.05, 3.63) is 83.4 Å². The predicted octanol–water partition coefficient (Wildman–Crippen LogP) is 4.72. The second kappa shape index (κ2) is 7.45. The molecule has 4 nitrogen and oxygen atoms in total. The topological polar surface area (TPSA) is 59.1 Å². The number of nitrogens with one attached hydrogen (secondary N) is 1. The lowest BCUT2D eigenvalue weighted by Crippen LogP contribution is -2.40. The lowest BCUT2D eigenvalue weighted by Gasteiger charge is -2.27. The fourth-order valence-electron chi connectivity index (χ4n) is 3.20. The summed E-state index contributed by atoms with van der Waals surface area (Å²) in [6.07, 6.45) is 2.79. The van der Waals surface area contributed by atoms with E-state index in [2.05, 4.69) is 9.71 Å². The molecule has 0 saturated carbocycles. The highest BCUT2D eigenvalue weighted by Gasteiger charge is 2.28. The fourth-order valence-corrected chi connectivity index (χ4v) is 4.70. The molecule has 3 aromatic rings. The maximum Gasteiger partial charge on any atom is 0.241 e. The largest absolute Gasteiger partial charge is 0.261 e. The number of aromatic nitrogens is 1. The van der Waals surface area contributed by atoms with Crippen molar-refractivity contribution in [1.29, 1.82) is 0 Å². The van der Waals surface area contributed by atoms with Crippen LogP contribution in [0.15, 0.2) is 65.8 Å². The van der Waals surface area contributed by atoms with Gasteiger partial charge in [0.1, 0.15) is 5.82 Å². The Kier molecular flexibility index (Phi) is 5.37. The highest BCUT2D eigenvalue weighted by atomic mass is 32.2. The molecule has 3 rings (SSSR count). The summed E-state index contributed by atoms with van der Waals surface area (Å²) < 4.78 is 42.8. The Hall–Kier alpha value is -2.57. The van der Waals surface area contributed by atoms with Crippen molar-refractivity contribution in [1.82, 2.24) is 9.71 Å². The first kappa shape index (κ1) is 20.2. The molecule has 0 saturated heterocycles. The number of rotatable bonds is 5. The molecule has 1 aromatic heterocycles. The second-order valence-electron chi connectivity index (χ2n) is 7.44. The van der Waals surface area contributed by atoms with E-state index in [-0.39, 0.29) is 4.90 Å². The number of hydrogen-bond acceptors (Lipinski definition) is 3. The normalized spacial score (nSPS) is 12.2. The van der Waals surface area contributed by atoms with Gasteiger partial charge in [0, 0.05) is 11.8 Å². The molecule has 0 atom stereocenters. The lowest BCUT2D eigenvalue weighted by molar-refractivity contribution is 0.472. The van der Waals surface area contributed by atoms with Crippen molar-refractivity contribution < 1.29 is 12.8 Å². The highest BCUT2D eigenvalue weighted by molar-refractivity contribution is 7.89. The van der Waals surface area contributed by atoms with Crippen LogP contribution in [0.3, 0.4) is 0 Å². The van der Waals surface area contributed by atoms with Gasteiger partial charge in [0.25, 0.3) is 0 Å². The third-order valence-corrected chi connectivity index (χ3v) is 6.31. The van der Waals surface area contributed by atoms with Crippen molar-refractivity contribution in [3.63, 3.8) is 0 Å². The molecular formula is C22H23FN2O2S. The van der Waals surface area contributed by atoms with Crippen molar-refractivity contribution in [2.24, 2.45) is 0 Å². The van der Waals surface area contributed by atoms with Gasteiger partial charge in [-0.3, -0.25) is 4.98 Å². The van der Waals surface area contributed by atoms with E-state index in [4.69, 9.17) is 0 Å². The van der Waals surface area contributed by atoms with E-state index in [0.717, 1.165) is 16.7 Å². The van der Waals surface area contributed by atoms with E-state index in [0.29, 0.717) is 11.1 Å². The number of nitrogens with zero attached hydrogens (tertiary/aromatic N) is 1. The van der Waals surface area contributed by atoms with Crippen LogP contribution < -0.4 is 4.72 Å². The van der Waals surface area contributed by atoms with Gasteiger partial charge in [0.15, 0.2) is 0 Å². The van der Waals surface area contributed by atoms with E-state index < -0.39 is 21.4 Å². The van der Waals surface area contributed by atoms with Crippen LogP contribution in [0.5, 0.6) is 0 Å². The highest BCUT2D eigenvalue weighted by Crippen LogP contribution is 2.30. The number of benzene rings is 2. The van der Waals surface area contributed by atoms with E-state index in [9.17, 15) is 12.8 Å². The van der Waals surface area contributed by atoms with Crippen LogP contribution in [-0.4, -0.2) is 13.4 Å². The Balaban J connectivity index is 1.99. The Morgan fingerprint density at radius 3 is 2.39 bits per heavy atom. The van der Waals surface area contributed by atoms with E-state index in [1.807, 2.05) is 25.1 Å². The third-order valence-electron chi connectivity index (χ3n) is 4.65. The number of halogens is 1. The minimum Gasteiger partial charge on any atom is -0.261 e. The van der Waals surface area contributed by atoms with Crippen LogP contribution in [-0.2, 0) is 15.6 Å². The SMILES string of the molecule is Cc1cccc(S(=O)(=O)NC(C)(C)c2cccc(-c3c(C)cncc3F)c2)c1. The molecule has 2 aromatic carbocycles. The maximum atomic E-state index is 14.3. The zero-order valence-electron chi connectivity index (χ0n) is 16.3. The molecule has 0 aliphatic carbocycles. The van der Waals surface area contributed by atoms with Crippen LogP contribution in [0.1, 0.15) is 30.5 Å². The minimum absolute atomic E-state index is 0.216. The van der Waals surface area contributed by atoms with Gasteiger partial charge in [-0.15, -0.1) is 0 Å². The molecule has 0 aliphatic rings. The summed E-state index contributed by atoms with van der Waals surface area (Å²) in [6.45, 7) is 7.22. The molecule has 0 unspecified atom stereocenters. The summed E-state index contributed by atoms with van der Waals surface area (Å²) in [5.74, 6) is -0.407. The summed E-state index contributed by atoms with van der Waals surface area (Å²) in [5.41, 5.74) is 2.57. The van der Waals surface area contributed by atoms with Gasteiger partial charge in [-0.25, -0.2) is 17.5 Å². The van der Waals surface area contributed by atoms with Crippen LogP contribution in [0, 0.1) is 19.7 Å². The Morgan fingerprint density at radius 1 is 1.00 bits per heavy atom. The van der Waals surface area contributed by atoms with E-state index >= 15 is 0 Å². The molecule has 0 aliphatic heterocycles. The first-order chi connectivity index (χ1) is 13.1. The van der Waals surface area contributed by atoms with Gasteiger partial charge in [0.2, 0.25) is 10.0 Å². The minimum atomic E-state index is -3.72. The zero-order valence-corrected chi connectivity index (χ0v) is 17.1. The Morgan fingerprint density at radius 2 is 1.71 bits per heavy atom. The summed E-state index contributed by atoms with van der Waals surface area (Å²) >= 11 is 0. The van der Waals surface area contributed by atoms with Crippen molar-refractivity contribution in [2.75, 3.05) is 0 Å². The van der Waals surface area contributed by atoms with Gasteiger partial charge < -0.3 is 0 Å². The van der Waals surface area contributed by atoms with Crippen molar-refractivity contribution in [2.45, 2.75) is 38.1 Å². The van der Waals surface area contributed by atoms with E-state index in [1.54, 1.807) is 57.3 Å². The Bertz CT molecular complexity index is 1100. The lowest BCUT2D eigenvalue weighted by atomic mass is 9.91. The number of hydrogen-bond donors (Lipinski definition) is 1. The van der Waals surface area contributed by atoms with Crippen LogP contribution in [0.4, 0.5) is 4.39 Å². The molecule has 1 heterocycles. The quantitative estimate of drug-likeness (QED) is 0.677. The molecule has 0 spiro atoms. The summed E-state index contributed by atoms with van der Waals surface area (Å²) in [5, 5.41) is 0. The van der Waals surface area contributed by atoms with Gasteiger partial charge in [-0.2, -0.15) is 0 Å². The smallest absolute Gasteiger partial charge is 0.241 e. The molecule has 146 valence electrons. The van der Waals surface area contributed by atoms with Gasteiger partial charge in [-0.1, -0.05) is 30.3 Å². The van der Waals surface area contributed by atoms with Crippen molar-refractivity contribution in [3.8, 4) is 11.1 Å². The average Bonchev–Trinajstić information content (AvgIpc) is 2.61. The summed E-state index contributed by atoms with van der Waals surface area (Å²) in [6, 6.07) is 14.0. The summed E-state index contributed by atoms with van der Waals surface area (Å²) in [4.78, 5) is 4.08. The molecule has 28 heavy (non-hydrogen) atoms. The fraction of sp³-hybridized carbons (Fsp3) is 0.227. The van der Waals surface area contributed by atoms with Crippen LogP contribution in [0.2, 0.25) is 0 Å². The number of pyridine rings is 1. The third kappa shape index (κ3) is 4.13. The average molecular weight is 399 g/mol.